The van der Waals surface area contributed by atoms with Gasteiger partial charge >= 0.3 is 0 Å². The van der Waals surface area contributed by atoms with E-state index in [1.807, 2.05) is 24.3 Å². The number of rotatable bonds is 11. The molecular weight excluding hydrogens is 270 g/mol. The van der Waals surface area contributed by atoms with Crippen molar-refractivity contribution in [3.8, 4) is 5.75 Å². The summed E-state index contributed by atoms with van der Waals surface area (Å²) in [4.78, 5) is 0. The van der Waals surface area contributed by atoms with Crippen LogP contribution in [0.3, 0.4) is 0 Å². The van der Waals surface area contributed by atoms with Crippen LogP contribution in [0, 0.1) is 0 Å². The molecule has 0 heterocycles. The van der Waals surface area contributed by atoms with Gasteiger partial charge in [0, 0.05) is 11.1 Å². The van der Waals surface area contributed by atoms with E-state index in [-0.39, 0.29) is 0 Å². The van der Waals surface area contributed by atoms with Gasteiger partial charge in [-0.3, -0.25) is 0 Å². The average Bonchev–Trinajstić information content (AvgIpc) is 2.45. The highest BCUT2D eigenvalue weighted by Crippen LogP contribution is 2.17. The standard InChI is InChI=1S/C17H28ClNO/c1-3-5-6-7-10-16(19-12-4-2)14-20-17-11-8-9-15(18)13-17/h8-9,11,13,16,19H,3-7,10,12,14H2,1-2H3. The Hall–Kier alpha value is -0.730. The minimum Gasteiger partial charge on any atom is -0.492 e. The van der Waals surface area contributed by atoms with E-state index in [0.29, 0.717) is 12.6 Å². The third-order valence-corrected chi connectivity index (χ3v) is 3.57. The zero-order valence-electron chi connectivity index (χ0n) is 12.8. The molecule has 0 aliphatic heterocycles. The lowest BCUT2D eigenvalue weighted by Gasteiger charge is -2.19. The summed E-state index contributed by atoms with van der Waals surface area (Å²) in [5, 5.41) is 4.30. The van der Waals surface area contributed by atoms with E-state index >= 15 is 0 Å². The number of unbranched alkanes of at least 4 members (excludes halogenated alkanes) is 3. The van der Waals surface area contributed by atoms with Gasteiger partial charge < -0.3 is 10.1 Å². The van der Waals surface area contributed by atoms with Crippen LogP contribution in [0.4, 0.5) is 0 Å². The zero-order valence-corrected chi connectivity index (χ0v) is 13.6. The van der Waals surface area contributed by atoms with E-state index in [1.54, 1.807) is 0 Å². The SMILES string of the molecule is CCCCCCC(COc1cccc(Cl)c1)NCCC. The quantitative estimate of drug-likeness (QED) is 0.577. The first-order chi connectivity index (χ1) is 9.76. The van der Waals surface area contributed by atoms with Gasteiger partial charge in [0.15, 0.2) is 0 Å². The van der Waals surface area contributed by atoms with Crippen molar-refractivity contribution in [1.29, 1.82) is 0 Å². The summed E-state index contributed by atoms with van der Waals surface area (Å²) in [5.41, 5.74) is 0. The Morgan fingerprint density at radius 1 is 1.15 bits per heavy atom. The van der Waals surface area contributed by atoms with Crippen LogP contribution in [0.25, 0.3) is 0 Å². The van der Waals surface area contributed by atoms with Gasteiger partial charge in [-0.1, -0.05) is 57.2 Å². The summed E-state index contributed by atoms with van der Waals surface area (Å²) < 4.78 is 5.86. The van der Waals surface area contributed by atoms with Crippen LogP contribution in [0.1, 0.15) is 52.4 Å². The highest BCUT2D eigenvalue weighted by molar-refractivity contribution is 6.30. The summed E-state index contributed by atoms with van der Waals surface area (Å²) in [6.07, 6.45) is 7.54. The molecule has 0 fully saturated rings. The molecule has 0 aliphatic carbocycles. The molecule has 1 N–H and O–H groups in total. The third kappa shape index (κ3) is 7.76. The van der Waals surface area contributed by atoms with Gasteiger partial charge in [-0.15, -0.1) is 0 Å². The van der Waals surface area contributed by atoms with E-state index in [0.717, 1.165) is 23.7 Å². The molecule has 3 heteroatoms. The first kappa shape index (κ1) is 17.3. The van der Waals surface area contributed by atoms with Crippen LogP contribution in [-0.2, 0) is 0 Å². The molecule has 114 valence electrons. The minimum atomic E-state index is 0.436. The molecule has 2 nitrogen and oxygen atoms in total. The second kappa shape index (κ2) is 11.0. The predicted molar refractivity (Wildman–Crippen MR) is 87.8 cm³/mol. The maximum Gasteiger partial charge on any atom is 0.120 e. The predicted octanol–water partition coefficient (Wildman–Crippen LogP) is 5.06. The van der Waals surface area contributed by atoms with Gasteiger partial charge in [-0.25, -0.2) is 0 Å². The van der Waals surface area contributed by atoms with Crippen molar-refractivity contribution >= 4 is 11.6 Å². The number of benzene rings is 1. The molecule has 1 unspecified atom stereocenters. The maximum absolute atomic E-state index is 5.97. The van der Waals surface area contributed by atoms with E-state index in [1.165, 1.54) is 32.1 Å². The Balaban J connectivity index is 2.34. The number of hydrogen-bond acceptors (Lipinski definition) is 2. The molecular formula is C17H28ClNO. The highest BCUT2D eigenvalue weighted by Gasteiger charge is 2.08. The monoisotopic (exact) mass is 297 g/mol. The zero-order chi connectivity index (χ0) is 14.6. The lowest BCUT2D eigenvalue weighted by atomic mass is 10.1. The van der Waals surface area contributed by atoms with E-state index in [4.69, 9.17) is 16.3 Å². The van der Waals surface area contributed by atoms with Crippen LogP contribution < -0.4 is 10.1 Å². The Labute approximate surface area is 128 Å². The molecule has 0 spiro atoms. The molecule has 0 aliphatic rings. The van der Waals surface area contributed by atoms with Gasteiger partial charge in [-0.2, -0.15) is 0 Å². The van der Waals surface area contributed by atoms with Crippen LogP contribution in [-0.4, -0.2) is 19.2 Å². The van der Waals surface area contributed by atoms with Crippen LogP contribution in [0.15, 0.2) is 24.3 Å². The van der Waals surface area contributed by atoms with Crippen LogP contribution in [0.2, 0.25) is 5.02 Å². The minimum absolute atomic E-state index is 0.436. The van der Waals surface area contributed by atoms with Crippen molar-refractivity contribution in [2.24, 2.45) is 0 Å². The van der Waals surface area contributed by atoms with E-state index in [9.17, 15) is 0 Å². The molecule has 0 saturated heterocycles. The van der Waals surface area contributed by atoms with Gasteiger partial charge in [0.1, 0.15) is 12.4 Å². The number of nitrogens with one attached hydrogen (secondary N) is 1. The molecule has 1 atom stereocenters. The Bertz CT molecular complexity index is 357. The van der Waals surface area contributed by atoms with Crippen molar-refractivity contribution in [1.82, 2.24) is 5.32 Å². The molecule has 0 aromatic heterocycles. The Morgan fingerprint density at radius 3 is 2.70 bits per heavy atom. The lowest BCUT2D eigenvalue weighted by Crippen LogP contribution is -2.35. The Kier molecular flexibility index (Phi) is 9.52. The fourth-order valence-corrected chi connectivity index (χ4v) is 2.34. The summed E-state index contributed by atoms with van der Waals surface area (Å²) in [5.74, 6) is 0.856. The van der Waals surface area contributed by atoms with Crippen LogP contribution in [0.5, 0.6) is 5.75 Å². The summed E-state index contributed by atoms with van der Waals surface area (Å²) in [6.45, 7) is 6.21. The normalized spacial score (nSPS) is 12.3. The molecule has 0 saturated carbocycles. The molecule has 1 rings (SSSR count). The van der Waals surface area contributed by atoms with Crippen molar-refractivity contribution in [3.05, 3.63) is 29.3 Å². The fraction of sp³-hybridized carbons (Fsp3) is 0.647. The number of halogens is 1. The first-order valence-electron chi connectivity index (χ1n) is 7.88. The summed E-state index contributed by atoms with van der Waals surface area (Å²) >= 11 is 5.97. The second-order valence-corrected chi connectivity index (χ2v) is 5.71. The fourth-order valence-electron chi connectivity index (χ4n) is 2.16. The maximum atomic E-state index is 5.97. The smallest absolute Gasteiger partial charge is 0.120 e. The van der Waals surface area contributed by atoms with Gasteiger partial charge in [0.25, 0.3) is 0 Å². The molecule has 0 amide bonds. The largest absolute Gasteiger partial charge is 0.492 e. The lowest BCUT2D eigenvalue weighted by molar-refractivity contribution is 0.253. The first-order valence-corrected chi connectivity index (χ1v) is 8.25. The topological polar surface area (TPSA) is 21.3 Å². The van der Waals surface area contributed by atoms with Crippen molar-refractivity contribution in [2.75, 3.05) is 13.2 Å². The molecule has 1 aromatic rings. The molecule has 0 radical (unpaired) electrons. The van der Waals surface area contributed by atoms with Crippen LogP contribution >= 0.6 is 11.6 Å². The van der Waals surface area contributed by atoms with E-state index in [2.05, 4.69) is 19.2 Å². The van der Waals surface area contributed by atoms with Gasteiger partial charge in [-0.05, 0) is 37.6 Å². The third-order valence-electron chi connectivity index (χ3n) is 3.34. The summed E-state index contributed by atoms with van der Waals surface area (Å²) in [7, 11) is 0. The van der Waals surface area contributed by atoms with Gasteiger partial charge in [0.05, 0.1) is 0 Å². The van der Waals surface area contributed by atoms with Crippen molar-refractivity contribution in [3.63, 3.8) is 0 Å². The van der Waals surface area contributed by atoms with E-state index < -0.39 is 0 Å². The van der Waals surface area contributed by atoms with Crippen molar-refractivity contribution in [2.45, 2.75) is 58.4 Å². The average molecular weight is 298 g/mol. The number of ether oxygens (including phenoxy) is 1. The molecule has 1 aromatic carbocycles. The summed E-state index contributed by atoms with van der Waals surface area (Å²) in [6, 6.07) is 8.06. The highest BCUT2D eigenvalue weighted by atomic mass is 35.5. The second-order valence-electron chi connectivity index (χ2n) is 5.27. The Morgan fingerprint density at radius 2 is 2.00 bits per heavy atom. The number of hydrogen-bond donors (Lipinski definition) is 1. The molecule has 0 bridgehead atoms. The van der Waals surface area contributed by atoms with Gasteiger partial charge in [0.2, 0.25) is 0 Å². The van der Waals surface area contributed by atoms with Crippen molar-refractivity contribution < 1.29 is 4.74 Å². The molecule has 20 heavy (non-hydrogen) atoms.